The van der Waals surface area contributed by atoms with Crippen LogP contribution in [-0.4, -0.2) is 80.2 Å². The number of pyridine rings is 6. The minimum Gasteiger partial charge on any atom is -0.535 e. The standard InChI is InChI=1S/C32H20N4O.C28H17N3.C26H22N6O2.C23H15N5O.4Pd/c1-2-10-24(11-3-1)36(31-17-7-13-27(33-31)25-12-6-15-29-26(25)20-22-37-29)32-18-8-16-30(34-32)35-21-19-23-9-4-5-14-28(23)35;1-3-10-20(11-4-1)24-15-9-17-27(29-24)31-26-16-8-7-14-22(26)23-18-19-25(30-28(23)31)21-12-5-2-6-13-21;1-30-12-11-20-21(14-31(2)25(20)30)22-9-6-10-23(29-22)32(19-7-4-3-5-8-19)16-27-13-18-15-33-26-24(18)28-17-34-26;1-26-15-17(16-7-2-3-8-18(16)26)23-25-22-19(29-23)11-14-28(22)21-10-6-9-20(24-21)27-12-4-5-13-27;;;;/h1-13,15-19,21-22H;1-10,12,14-19H;3-15,17H,16H2,1-2H3;2-12,14H,1H3;;;;/q2*-2;;-2;;3*+2. The molecule has 25 rings (SSSR count). The maximum atomic E-state index is 6.06. The zero-order valence-electron chi connectivity index (χ0n) is 72.0. The topological polar surface area (TPSA) is 208 Å². The van der Waals surface area contributed by atoms with Crippen LogP contribution in [0.4, 0.5) is 28.8 Å². The normalized spacial score (nSPS) is 11.1. The van der Waals surface area contributed by atoms with Crippen LogP contribution in [0.1, 0.15) is 5.56 Å². The summed E-state index contributed by atoms with van der Waals surface area (Å²) in [5.74, 6) is 6.49. The molecule has 0 spiro atoms. The Morgan fingerprint density at radius 3 is 1.93 bits per heavy atom. The molecule has 0 aliphatic carbocycles. The molecule has 0 unspecified atom stereocenters. The Balaban J connectivity index is 0.000000119. The molecular formula is C109H74N18O4Pd4. The Morgan fingerprint density at radius 1 is 0.481 bits per heavy atom. The van der Waals surface area contributed by atoms with Crippen molar-refractivity contribution in [2.24, 2.45) is 26.1 Å². The van der Waals surface area contributed by atoms with Crippen molar-refractivity contribution in [3.63, 3.8) is 0 Å². The van der Waals surface area contributed by atoms with E-state index in [4.69, 9.17) is 52.6 Å². The van der Waals surface area contributed by atoms with Crippen molar-refractivity contribution >= 4 is 123 Å². The van der Waals surface area contributed by atoms with Crippen molar-refractivity contribution in [3.8, 4) is 79.8 Å². The second kappa shape index (κ2) is 40.0. The van der Waals surface area contributed by atoms with Gasteiger partial charge in [0.05, 0.1) is 31.0 Å². The van der Waals surface area contributed by atoms with Crippen LogP contribution in [0.2, 0.25) is 0 Å². The summed E-state index contributed by atoms with van der Waals surface area (Å²) in [5.41, 5.74) is 19.2. The molecule has 26 heteroatoms. The number of aryl methyl sites for hydroxylation is 3. The van der Waals surface area contributed by atoms with Gasteiger partial charge in [0.2, 0.25) is 0 Å². The molecule has 17 heterocycles. The molecule has 25 aromatic rings. The van der Waals surface area contributed by atoms with Gasteiger partial charge in [-0.05, 0) is 103 Å². The summed E-state index contributed by atoms with van der Waals surface area (Å²) in [6.07, 6.45) is 22.8. The van der Waals surface area contributed by atoms with Gasteiger partial charge < -0.3 is 45.4 Å². The molecule has 17 aromatic heterocycles. The van der Waals surface area contributed by atoms with E-state index < -0.39 is 0 Å². The number of anilines is 5. The third-order valence-electron chi connectivity index (χ3n) is 22.8. The molecule has 0 saturated carbocycles. The first kappa shape index (κ1) is 90.2. The van der Waals surface area contributed by atoms with E-state index in [0.717, 1.165) is 174 Å². The number of aromatic nitrogens is 15. The summed E-state index contributed by atoms with van der Waals surface area (Å²) in [5, 5.41) is 6.54. The van der Waals surface area contributed by atoms with E-state index in [9.17, 15) is 0 Å². The molecule has 0 N–H and O–H groups in total. The summed E-state index contributed by atoms with van der Waals surface area (Å²) >= 11 is 0. The van der Waals surface area contributed by atoms with Gasteiger partial charge in [-0.2, -0.15) is 30.3 Å². The number of hydrogen-bond acceptors (Lipinski definition) is 15. The van der Waals surface area contributed by atoms with Crippen LogP contribution in [0, 0.1) is 36.7 Å². The van der Waals surface area contributed by atoms with Crippen LogP contribution in [0.15, 0.2) is 400 Å². The van der Waals surface area contributed by atoms with Gasteiger partial charge in [-0.3, -0.25) is 34.0 Å². The summed E-state index contributed by atoms with van der Waals surface area (Å²) in [7, 11) is 6.09. The van der Waals surface area contributed by atoms with Crippen LogP contribution in [0.25, 0.3) is 168 Å². The Morgan fingerprint density at radius 2 is 1.14 bits per heavy atom. The summed E-state index contributed by atoms with van der Waals surface area (Å²) < 4.78 is 36.4. The van der Waals surface area contributed by atoms with E-state index in [1.54, 1.807) is 18.7 Å². The number of aliphatic imine (C=N–C) groups is 1. The summed E-state index contributed by atoms with van der Waals surface area (Å²) in [6.45, 7) is 0.376. The minimum absolute atomic E-state index is 0. The quantitative estimate of drug-likeness (QED) is 0.0360. The SMILES string of the molecule is Cn1[c-]c(-c2nc3c(ccn3-c3cccc(-n4[c-]ccc4)n3)o2)c2ccccc21.Cn1cc(-c2cccc(N(CN=Cc3coc4ocnc34)c3ccccc3)n2)c2[cH-]c[n+](C)c21.[Pd+2].[Pd+2].[Pd+2].[Pd].[c-]1ccccc1-c1cccc(-n2c3ccccc3c3ccc(-c4[c-]cccc4)nc32)n1.[c-]1coc2cccc(-c3cccc(N(c4ccccc4)c4cccc(-n5ccc6ccc[c-]c65)n4)n3)c12. The van der Waals surface area contributed by atoms with E-state index in [1.165, 1.54) is 11.8 Å². The molecule has 0 saturated heterocycles. The molecule has 664 valence electrons. The average molecular weight is 2130 g/mol. The summed E-state index contributed by atoms with van der Waals surface area (Å²) in [4.78, 5) is 47.7. The molecule has 8 aromatic carbocycles. The number of hydrogen-bond donors (Lipinski definition) is 0. The monoisotopic (exact) mass is 2120 g/mol. The first-order valence-electron chi connectivity index (χ1n) is 42.4. The number of benzene rings is 8. The Hall–Kier alpha value is -15.4. The second-order valence-electron chi connectivity index (χ2n) is 30.9. The van der Waals surface area contributed by atoms with Gasteiger partial charge >= 0.3 is 67.0 Å². The Kier molecular flexibility index (Phi) is 26.7. The van der Waals surface area contributed by atoms with Gasteiger partial charge in [0.15, 0.2) is 28.8 Å². The third-order valence-corrected chi connectivity index (χ3v) is 22.8. The first-order chi connectivity index (χ1) is 64.7. The van der Waals surface area contributed by atoms with E-state index >= 15 is 0 Å². The van der Waals surface area contributed by atoms with Crippen molar-refractivity contribution in [1.82, 2.24) is 67.3 Å². The molecule has 0 fully saturated rings. The van der Waals surface area contributed by atoms with Gasteiger partial charge in [0.1, 0.15) is 59.4 Å². The minimum atomic E-state index is 0. The van der Waals surface area contributed by atoms with Crippen LogP contribution in [0.3, 0.4) is 0 Å². The maximum Gasteiger partial charge on any atom is 2.00 e. The fraction of sp³-hybridized carbons (Fsp3) is 0.0367. The summed E-state index contributed by atoms with van der Waals surface area (Å²) in [6, 6.07) is 122. The van der Waals surface area contributed by atoms with Gasteiger partial charge in [-0.25, -0.2) is 24.9 Å². The molecule has 0 radical (unpaired) electrons. The molecule has 135 heavy (non-hydrogen) atoms. The first-order valence-corrected chi connectivity index (χ1v) is 42.4. The molecular weight excluding hydrogens is 2050 g/mol. The maximum absolute atomic E-state index is 6.06. The molecule has 22 nitrogen and oxygen atoms in total. The van der Waals surface area contributed by atoms with Gasteiger partial charge in [0, 0.05) is 96.7 Å². The van der Waals surface area contributed by atoms with Gasteiger partial charge in [-0.15, -0.1) is 124 Å². The second-order valence-corrected chi connectivity index (χ2v) is 30.9. The van der Waals surface area contributed by atoms with Crippen molar-refractivity contribution in [1.29, 1.82) is 0 Å². The Labute approximate surface area is 829 Å². The number of para-hydroxylation sites is 5. The van der Waals surface area contributed by atoms with E-state index in [2.05, 4.69) is 192 Å². The van der Waals surface area contributed by atoms with Crippen molar-refractivity contribution in [3.05, 3.63) is 420 Å². The number of rotatable bonds is 17. The van der Waals surface area contributed by atoms with E-state index in [0.29, 0.717) is 29.4 Å². The number of fused-ring (bicyclic) bond motifs is 9. The van der Waals surface area contributed by atoms with Crippen LogP contribution in [0.5, 0.6) is 0 Å². The zero-order valence-corrected chi connectivity index (χ0v) is 78.2. The smallest absolute Gasteiger partial charge is 0.535 e. The largest absolute Gasteiger partial charge is 2.00 e. The molecule has 0 aliphatic heterocycles. The van der Waals surface area contributed by atoms with Crippen LogP contribution < -0.4 is 14.4 Å². The van der Waals surface area contributed by atoms with E-state index in [1.807, 2.05) is 276 Å². The predicted octanol–water partition coefficient (Wildman–Crippen LogP) is 23.7. The third kappa shape index (κ3) is 18.0. The molecule has 0 bridgehead atoms. The van der Waals surface area contributed by atoms with Crippen molar-refractivity contribution in [2.45, 2.75) is 0 Å². The van der Waals surface area contributed by atoms with Crippen LogP contribution >= 0.6 is 0 Å². The number of nitrogens with zero attached hydrogens (tertiary/aromatic N) is 18. The average Bonchev–Trinajstić information content (AvgIpc) is 1.59. The van der Waals surface area contributed by atoms with Gasteiger partial charge in [-0.1, -0.05) is 191 Å². The number of furan rings is 2. The predicted molar refractivity (Wildman–Crippen MR) is 512 cm³/mol. The molecule has 0 amide bonds. The van der Waals surface area contributed by atoms with E-state index in [-0.39, 0.29) is 81.7 Å². The zero-order chi connectivity index (χ0) is 87.7. The fourth-order valence-electron chi connectivity index (χ4n) is 16.7. The van der Waals surface area contributed by atoms with Crippen molar-refractivity contribution < 1.29 is 104 Å². The molecule has 0 atom stereocenters. The van der Waals surface area contributed by atoms with Crippen LogP contribution in [-0.2, 0) is 103 Å². The Bertz CT molecular complexity index is 8440. The fourth-order valence-corrected chi connectivity index (χ4v) is 16.7. The molecule has 0 aliphatic rings. The van der Waals surface area contributed by atoms with Gasteiger partial charge in [0.25, 0.3) is 0 Å². The number of oxazole rings is 2. The van der Waals surface area contributed by atoms with Crippen molar-refractivity contribution in [2.75, 3.05) is 16.5 Å².